The van der Waals surface area contributed by atoms with Gasteiger partial charge in [0.15, 0.2) is 9.84 Å². The number of aromatic nitrogens is 1. The van der Waals surface area contributed by atoms with Crippen LogP contribution in [0.3, 0.4) is 0 Å². The molecule has 0 fully saturated rings. The highest BCUT2D eigenvalue weighted by molar-refractivity contribution is 7.90. The summed E-state index contributed by atoms with van der Waals surface area (Å²) >= 11 is 0. The molecule has 0 aliphatic rings. The Morgan fingerprint density at radius 1 is 1.08 bits per heavy atom. The van der Waals surface area contributed by atoms with E-state index >= 15 is 0 Å². The van der Waals surface area contributed by atoms with Gasteiger partial charge in [-0.15, -0.1) is 0 Å². The van der Waals surface area contributed by atoms with Crippen LogP contribution >= 0.6 is 0 Å². The van der Waals surface area contributed by atoms with Crippen molar-refractivity contribution >= 4 is 26.7 Å². The minimum Gasteiger partial charge on any atom is -0.478 e. The number of carbonyl (C=O) groups is 1. The van der Waals surface area contributed by atoms with Crippen molar-refractivity contribution in [1.82, 2.24) is 4.57 Å². The van der Waals surface area contributed by atoms with Crippen LogP contribution in [0.1, 0.15) is 34.6 Å². The standard InChI is InChI=1S/C19H19NO4S/c1-12(14-8-10-15(11-9-14)25(3,23)24)20-13(2)18(19(21)22)16-6-4-5-7-17(16)20/h4-12H,1-3H3,(H,21,22). The molecule has 5 nitrogen and oxygen atoms in total. The Morgan fingerprint density at radius 3 is 2.24 bits per heavy atom. The van der Waals surface area contributed by atoms with Crippen LogP contribution in [0.2, 0.25) is 0 Å². The molecule has 0 radical (unpaired) electrons. The molecule has 0 aliphatic heterocycles. The van der Waals surface area contributed by atoms with Gasteiger partial charge in [-0.3, -0.25) is 0 Å². The number of hydrogen-bond donors (Lipinski definition) is 1. The molecule has 3 rings (SSSR count). The van der Waals surface area contributed by atoms with Gasteiger partial charge in [0.1, 0.15) is 0 Å². The third kappa shape index (κ3) is 2.93. The number of hydrogen-bond acceptors (Lipinski definition) is 3. The van der Waals surface area contributed by atoms with E-state index in [1.54, 1.807) is 31.2 Å². The van der Waals surface area contributed by atoms with Crippen LogP contribution in [-0.4, -0.2) is 30.3 Å². The third-order valence-electron chi connectivity index (χ3n) is 4.55. The first-order valence-electron chi connectivity index (χ1n) is 7.84. The molecule has 1 N–H and O–H groups in total. The van der Waals surface area contributed by atoms with E-state index in [1.807, 2.05) is 35.8 Å². The number of para-hydroxylation sites is 1. The number of fused-ring (bicyclic) bond motifs is 1. The Bertz CT molecular complexity index is 1060. The molecule has 0 bridgehead atoms. The van der Waals surface area contributed by atoms with Gasteiger partial charge in [0.05, 0.1) is 16.5 Å². The smallest absolute Gasteiger partial charge is 0.338 e. The van der Waals surface area contributed by atoms with Crippen LogP contribution in [0.5, 0.6) is 0 Å². The SMILES string of the molecule is Cc1c(C(=O)O)c2ccccc2n1C(C)c1ccc(S(C)(=O)=O)cc1. The van der Waals surface area contributed by atoms with Crippen LogP contribution in [0.15, 0.2) is 53.4 Å². The molecule has 25 heavy (non-hydrogen) atoms. The molecule has 1 aromatic heterocycles. The number of sulfone groups is 1. The zero-order chi connectivity index (χ0) is 18.4. The summed E-state index contributed by atoms with van der Waals surface area (Å²) in [6.45, 7) is 3.77. The van der Waals surface area contributed by atoms with Crippen LogP contribution < -0.4 is 0 Å². The number of carboxylic acid groups (broad SMARTS) is 1. The Morgan fingerprint density at radius 2 is 1.68 bits per heavy atom. The normalized spacial score (nSPS) is 13.1. The Labute approximate surface area is 146 Å². The lowest BCUT2D eigenvalue weighted by atomic mass is 10.1. The van der Waals surface area contributed by atoms with Gasteiger partial charge in [-0.25, -0.2) is 13.2 Å². The fraction of sp³-hybridized carbons (Fsp3) is 0.211. The fourth-order valence-corrected chi connectivity index (χ4v) is 3.93. The number of rotatable bonds is 4. The first-order valence-corrected chi connectivity index (χ1v) is 9.74. The first-order chi connectivity index (χ1) is 11.7. The van der Waals surface area contributed by atoms with Crippen molar-refractivity contribution in [2.45, 2.75) is 24.8 Å². The summed E-state index contributed by atoms with van der Waals surface area (Å²) in [5.41, 5.74) is 2.73. The lowest BCUT2D eigenvalue weighted by molar-refractivity contribution is 0.0698. The van der Waals surface area contributed by atoms with E-state index < -0.39 is 15.8 Å². The van der Waals surface area contributed by atoms with Crippen molar-refractivity contribution < 1.29 is 18.3 Å². The summed E-state index contributed by atoms with van der Waals surface area (Å²) in [7, 11) is -3.24. The molecule has 0 aliphatic carbocycles. The van der Waals surface area contributed by atoms with Crippen molar-refractivity contribution in [1.29, 1.82) is 0 Å². The van der Waals surface area contributed by atoms with E-state index in [4.69, 9.17) is 0 Å². The van der Waals surface area contributed by atoms with Gasteiger partial charge in [0.2, 0.25) is 0 Å². The maximum absolute atomic E-state index is 11.7. The number of nitrogens with zero attached hydrogens (tertiary/aromatic N) is 1. The predicted octanol–water partition coefficient (Wildman–Crippen LogP) is 3.66. The summed E-state index contributed by atoms with van der Waals surface area (Å²) in [6.07, 6.45) is 1.17. The highest BCUT2D eigenvalue weighted by Crippen LogP contribution is 2.32. The number of carboxylic acids is 1. The minimum atomic E-state index is -3.24. The predicted molar refractivity (Wildman–Crippen MR) is 97.0 cm³/mol. The summed E-state index contributed by atoms with van der Waals surface area (Å²) in [6, 6.07) is 14.0. The van der Waals surface area contributed by atoms with Gasteiger partial charge in [-0.05, 0) is 37.6 Å². The molecule has 1 unspecified atom stereocenters. The second-order valence-corrected chi connectivity index (χ2v) is 8.19. The Balaban J connectivity index is 2.16. The van der Waals surface area contributed by atoms with E-state index in [9.17, 15) is 18.3 Å². The molecule has 3 aromatic rings. The van der Waals surface area contributed by atoms with Gasteiger partial charge in [0.25, 0.3) is 0 Å². The first kappa shape index (κ1) is 17.2. The largest absolute Gasteiger partial charge is 0.478 e. The zero-order valence-corrected chi connectivity index (χ0v) is 15.0. The van der Waals surface area contributed by atoms with Crippen molar-refractivity contribution in [3.63, 3.8) is 0 Å². The molecule has 0 amide bonds. The monoisotopic (exact) mass is 357 g/mol. The Kier molecular flexibility index (Phi) is 4.16. The van der Waals surface area contributed by atoms with Crippen molar-refractivity contribution in [2.75, 3.05) is 6.26 Å². The molecule has 0 saturated heterocycles. The van der Waals surface area contributed by atoms with Crippen molar-refractivity contribution in [2.24, 2.45) is 0 Å². The minimum absolute atomic E-state index is 0.133. The van der Waals surface area contributed by atoms with Crippen LogP contribution in [-0.2, 0) is 9.84 Å². The third-order valence-corrected chi connectivity index (χ3v) is 5.68. The van der Waals surface area contributed by atoms with Crippen molar-refractivity contribution in [3.8, 4) is 0 Å². The van der Waals surface area contributed by atoms with Gasteiger partial charge < -0.3 is 9.67 Å². The van der Waals surface area contributed by atoms with E-state index in [-0.39, 0.29) is 10.9 Å². The molecule has 6 heteroatoms. The average molecular weight is 357 g/mol. The molecular formula is C19H19NO4S. The lowest BCUT2D eigenvalue weighted by Gasteiger charge is -2.18. The van der Waals surface area contributed by atoms with E-state index in [0.717, 1.165) is 11.1 Å². The molecule has 0 saturated carbocycles. The maximum atomic E-state index is 11.7. The van der Waals surface area contributed by atoms with Crippen molar-refractivity contribution in [3.05, 3.63) is 65.4 Å². The van der Waals surface area contributed by atoms with E-state index in [2.05, 4.69) is 0 Å². The summed E-state index contributed by atoms with van der Waals surface area (Å²) in [5.74, 6) is -0.952. The van der Waals surface area contributed by atoms with Crippen LogP contribution in [0.25, 0.3) is 10.9 Å². The zero-order valence-electron chi connectivity index (χ0n) is 14.2. The summed E-state index contributed by atoms with van der Waals surface area (Å²) in [5, 5.41) is 10.3. The number of aromatic carboxylic acids is 1. The summed E-state index contributed by atoms with van der Waals surface area (Å²) in [4.78, 5) is 12.0. The molecule has 1 heterocycles. The molecule has 130 valence electrons. The maximum Gasteiger partial charge on any atom is 0.338 e. The second-order valence-electron chi connectivity index (χ2n) is 6.17. The molecule has 2 aromatic carbocycles. The van der Waals surface area contributed by atoms with Crippen LogP contribution in [0, 0.1) is 6.92 Å². The quantitative estimate of drug-likeness (QED) is 0.773. The lowest BCUT2D eigenvalue weighted by Crippen LogP contribution is -2.10. The molecule has 0 spiro atoms. The van der Waals surface area contributed by atoms with Gasteiger partial charge in [0, 0.05) is 22.9 Å². The number of benzene rings is 2. The Hall–Kier alpha value is -2.60. The van der Waals surface area contributed by atoms with Gasteiger partial charge in [-0.1, -0.05) is 30.3 Å². The van der Waals surface area contributed by atoms with Gasteiger partial charge in [-0.2, -0.15) is 0 Å². The van der Waals surface area contributed by atoms with Crippen LogP contribution in [0.4, 0.5) is 0 Å². The van der Waals surface area contributed by atoms with Gasteiger partial charge >= 0.3 is 5.97 Å². The molecular weight excluding hydrogens is 338 g/mol. The van der Waals surface area contributed by atoms with E-state index in [0.29, 0.717) is 16.6 Å². The summed E-state index contributed by atoms with van der Waals surface area (Å²) < 4.78 is 25.2. The second kappa shape index (κ2) is 6.04. The highest BCUT2D eigenvalue weighted by Gasteiger charge is 2.22. The fourth-order valence-electron chi connectivity index (χ4n) is 3.30. The van der Waals surface area contributed by atoms with E-state index in [1.165, 1.54) is 6.26 Å². The average Bonchev–Trinajstić information content (AvgIpc) is 2.85. The topological polar surface area (TPSA) is 76.4 Å². The molecule has 1 atom stereocenters. The highest BCUT2D eigenvalue weighted by atomic mass is 32.2.